The van der Waals surface area contributed by atoms with Gasteiger partial charge in [-0.05, 0) is 12.3 Å². The summed E-state index contributed by atoms with van der Waals surface area (Å²) in [6.45, 7) is 12.3. The fraction of sp³-hybridized carbons (Fsp3) is 0.667. The van der Waals surface area contributed by atoms with Crippen LogP contribution >= 0.6 is 11.3 Å². The van der Waals surface area contributed by atoms with Crippen LogP contribution in [0.2, 0.25) is 0 Å². The molecule has 0 amide bonds. The fourth-order valence-corrected chi connectivity index (χ4v) is 2.56. The van der Waals surface area contributed by atoms with Crippen LogP contribution in [-0.4, -0.2) is 10.8 Å². The molecule has 0 fully saturated rings. The third-order valence-electron chi connectivity index (χ3n) is 2.80. The number of thiazole rings is 1. The minimum absolute atomic E-state index is 0.123. The summed E-state index contributed by atoms with van der Waals surface area (Å²) < 4.78 is 0. The van der Waals surface area contributed by atoms with Gasteiger partial charge in [0, 0.05) is 12.8 Å². The van der Waals surface area contributed by atoms with Crippen molar-refractivity contribution < 1.29 is 4.79 Å². The number of nitrogens with zero attached hydrogens (tertiary/aromatic N) is 1. The van der Waals surface area contributed by atoms with E-state index in [9.17, 15) is 4.79 Å². The molecule has 0 spiro atoms. The molecule has 15 heavy (non-hydrogen) atoms. The van der Waals surface area contributed by atoms with Gasteiger partial charge in [0.05, 0.1) is 15.6 Å². The van der Waals surface area contributed by atoms with Crippen molar-refractivity contribution in [2.24, 2.45) is 5.41 Å². The first kappa shape index (κ1) is 12.4. The summed E-state index contributed by atoms with van der Waals surface area (Å²) in [5.41, 5.74) is 1.07. The molecular weight excluding hydrogens is 206 g/mol. The molecule has 0 saturated carbocycles. The zero-order chi connectivity index (χ0) is 11.8. The van der Waals surface area contributed by atoms with E-state index in [1.807, 2.05) is 6.92 Å². The number of carbonyl (C=O) groups is 1. The summed E-state index contributed by atoms with van der Waals surface area (Å²) in [4.78, 5) is 16.6. The van der Waals surface area contributed by atoms with Gasteiger partial charge in [0.1, 0.15) is 0 Å². The van der Waals surface area contributed by atoms with Gasteiger partial charge in [-0.2, -0.15) is 0 Å². The van der Waals surface area contributed by atoms with Crippen molar-refractivity contribution in [3.8, 4) is 0 Å². The Bertz CT molecular complexity index is 373. The van der Waals surface area contributed by atoms with E-state index in [2.05, 4.69) is 32.7 Å². The zero-order valence-electron chi connectivity index (χ0n) is 10.3. The van der Waals surface area contributed by atoms with Crippen LogP contribution in [-0.2, 0) is 0 Å². The predicted octanol–water partition coefficient (Wildman–Crippen LogP) is 3.80. The van der Waals surface area contributed by atoms with Gasteiger partial charge in [-0.15, -0.1) is 11.3 Å². The number of aromatic nitrogens is 1. The molecule has 0 aromatic carbocycles. The summed E-state index contributed by atoms with van der Waals surface area (Å²) in [5.74, 6) is 0.506. The molecule has 0 radical (unpaired) electrons. The summed E-state index contributed by atoms with van der Waals surface area (Å²) in [6, 6.07) is 0. The van der Waals surface area contributed by atoms with E-state index in [1.54, 1.807) is 18.3 Å². The van der Waals surface area contributed by atoms with E-state index in [1.165, 1.54) is 0 Å². The van der Waals surface area contributed by atoms with Crippen LogP contribution in [0.25, 0.3) is 0 Å². The summed E-state index contributed by atoms with van der Waals surface area (Å²) in [7, 11) is 0. The molecule has 0 aliphatic carbocycles. The van der Waals surface area contributed by atoms with E-state index in [0.717, 1.165) is 15.6 Å². The van der Waals surface area contributed by atoms with Gasteiger partial charge in [0.2, 0.25) is 0 Å². The van der Waals surface area contributed by atoms with Crippen molar-refractivity contribution in [3.05, 3.63) is 15.6 Å². The normalized spacial score (nSPS) is 14.0. The van der Waals surface area contributed by atoms with Gasteiger partial charge in [0.25, 0.3) is 0 Å². The van der Waals surface area contributed by atoms with Gasteiger partial charge < -0.3 is 0 Å². The van der Waals surface area contributed by atoms with Gasteiger partial charge in [0.15, 0.2) is 5.78 Å². The molecule has 1 unspecified atom stereocenters. The third-order valence-corrected chi connectivity index (χ3v) is 4.24. The molecule has 0 saturated heterocycles. The molecule has 2 nitrogen and oxygen atoms in total. The SMILES string of the molecule is CC(=O)c1sc(C(C)C(C)(C)C)nc1C. The Morgan fingerprint density at radius 1 is 1.40 bits per heavy atom. The largest absolute Gasteiger partial charge is 0.294 e. The summed E-state index contributed by atoms with van der Waals surface area (Å²) in [5, 5.41) is 1.07. The van der Waals surface area contributed by atoms with Crippen LogP contribution < -0.4 is 0 Å². The average Bonchev–Trinajstić information content (AvgIpc) is 2.44. The maximum absolute atomic E-state index is 11.3. The molecule has 0 aliphatic rings. The lowest BCUT2D eigenvalue weighted by atomic mass is 9.82. The lowest BCUT2D eigenvalue weighted by Gasteiger charge is -2.25. The first-order valence-corrected chi connectivity index (χ1v) is 6.03. The monoisotopic (exact) mass is 225 g/mol. The topological polar surface area (TPSA) is 30.0 Å². The van der Waals surface area contributed by atoms with E-state index in [4.69, 9.17) is 0 Å². The van der Waals surface area contributed by atoms with E-state index in [0.29, 0.717) is 5.92 Å². The zero-order valence-corrected chi connectivity index (χ0v) is 11.2. The van der Waals surface area contributed by atoms with Crippen LogP contribution in [0, 0.1) is 12.3 Å². The Morgan fingerprint density at radius 2 is 1.93 bits per heavy atom. The Kier molecular flexibility index (Phi) is 3.34. The number of rotatable bonds is 2. The van der Waals surface area contributed by atoms with Crippen molar-refractivity contribution in [2.75, 3.05) is 0 Å². The van der Waals surface area contributed by atoms with Gasteiger partial charge in [-0.25, -0.2) is 4.98 Å². The maximum Gasteiger partial charge on any atom is 0.171 e. The quantitative estimate of drug-likeness (QED) is 0.716. The van der Waals surface area contributed by atoms with Crippen LogP contribution in [0.4, 0.5) is 0 Å². The molecule has 1 heterocycles. The minimum Gasteiger partial charge on any atom is -0.294 e. The van der Waals surface area contributed by atoms with Gasteiger partial charge in [-0.1, -0.05) is 27.7 Å². The Labute approximate surface area is 95.7 Å². The molecular formula is C12H19NOS. The van der Waals surface area contributed by atoms with Crippen molar-refractivity contribution in [2.45, 2.75) is 47.5 Å². The second-order valence-electron chi connectivity index (χ2n) is 5.11. The maximum atomic E-state index is 11.3. The molecule has 1 aromatic rings. The highest BCUT2D eigenvalue weighted by atomic mass is 32.1. The van der Waals surface area contributed by atoms with E-state index in [-0.39, 0.29) is 11.2 Å². The number of hydrogen-bond donors (Lipinski definition) is 0. The highest BCUT2D eigenvalue weighted by Gasteiger charge is 2.25. The highest BCUT2D eigenvalue weighted by molar-refractivity contribution is 7.13. The number of hydrogen-bond acceptors (Lipinski definition) is 3. The number of aryl methyl sites for hydroxylation is 1. The Morgan fingerprint density at radius 3 is 2.27 bits per heavy atom. The van der Waals surface area contributed by atoms with E-state index >= 15 is 0 Å². The first-order valence-electron chi connectivity index (χ1n) is 5.21. The third kappa shape index (κ3) is 2.65. The number of ketones is 1. The standard InChI is InChI=1S/C12H19NOS/c1-7(12(4,5)6)11-13-8(2)10(15-11)9(3)14/h7H,1-6H3. The lowest BCUT2D eigenvalue weighted by molar-refractivity contribution is 0.102. The Balaban J connectivity index is 3.08. The Hall–Kier alpha value is -0.700. The minimum atomic E-state index is 0.123. The lowest BCUT2D eigenvalue weighted by Crippen LogP contribution is -2.14. The first-order chi connectivity index (χ1) is 6.73. The van der Waals surface area contributed by atoms with Crippen molar-refractivity contribution in [3.63, 3.8) is 0 Å². The second-order valence-corrected chi connectivity index (χ2v) is 6.14. The second kappa shape index (κ2) is 4.05. The molecule has 3 heteroatoms. The van der Waals surface area contributed by atoms with Gasteiger partial charge in [-0.3, -0.25) is 4.79 Å². The molecule has 0 bridgehead atoms. The molecule has 0 aliphatic heterocycles. The van der Waals surface area contributed by atoms with Crippen LogP contribution in [0.5, 0.6) is 0 Å². The van der Waals surface area contributed by atoms with Crippen molar-refractivity contribution in [1.29, 1.82) is 0 Å². The average molecular weight is 225 g/mol. The van der Waals surface area contributed by atoms with E-state index < -0.39 is 0 Å². The molecule has 1 aromatic heterocycles. The highest BCUT2D eigenvalue weighted by Crippen LogP contribution is 2.37. The molecule has 84 valence electrons. The smallest absolute Gasteiger partial charge is 0.171 e. The van der Waals surface area contributed by atoms with Crippen LogP contribution in [0.15, 0.2) is 0 Å². The molecule has 0 N–H and O–H groups in total. The molecule has 1 atom stereocenters. The number of Topliss-reactive ketones (excluding diaryl/α,β-unsaturated/α-hetero) is 1. The summed E-state index contributed by atoms with van der Waals surface area (Å²) >= 11 is 1.54. The van der Waals surface area contributed by atoms with Crippen LogP contribution in [0.3, 0.4) is 0 Å². The predicted molar refractivity (Wildman–Crippen MR) is 64.7 cm³/mol. The number of carbonyl (C=O) groups excluding carboxylic acids is 1. The van der Waals surface area contributed by atoms with Gasteiger partial charge >= 0.3 is 0 Å². The van der Waals surface area contributed by atoms with Crippen molar-refractivity contribution >= 4 is 17.1 Å². The fourth-order valence-electron chi connectivity index (χ4n) is 1.30. The van der Waals surface area contributed by atoms with Crippen molar-refractivity contribution in [1.82, 2.24) is 4.98 Å². The molecule has 1 rings (SSSR count). The van der Waals surface area contributed by atoms with Crippen LogP contribution in [0.1, 0.15) is 60.9 Å². The summed E-state index contributed by atoms with van der Waals surface area (Å²) in [6.07, 6.45) is 0.